The topological polar surface area (TPSA) is 12.0 Å². The fourth-order valence-corrected chi connectivity index (χ4v) is 1.44. The van der Waals surface area contributed by atoms with Crippen molar-refractivity contribution in [1.82, 2.24) is 5.32 Å². The molecule has 0 bridgehead atoms. The Kier molecular flexibility index (Phi) is 3.56. The summed E-state index contributed by atoms with van der Waals surface area (Å²) in [6.45, 7) is 12.2. The van der Waals surface area contributed by atoms with E-state index in [0.717, 1.165) is 6.54 Å². The van der Waals surface area contributed by atoms with Crippen LogP contribution in [0.4, 0.5) is 0 Å². The molecule has 0 fully saturated rings. The third kappa shape index (κ3) is 4.05. The van der Waals surface area contributed by atoms with Crippen LogP contribution in [0.25, 0.3) is 0 Å². The molecule has 1 nitrogen and oxygen atoms in total. The number of benzene rings is 1. The quantitative estimate of drug-likeness (QED) is 0.795. The zero-order chi connectivity index (χ0) is 11.5. The fraction of sp³-hybridized carbons (Fsp3) is 0.571. The minimum absolute atomic E-state index is 0.0501. The largest absolute Gasteiger partial charge is 0.307 e. The van der Waals surface area contributed by atoms with Crippen LogP contribution in [0.3, 0.4) is 0 Å². The van der Waals surface area contributed by atoms with Gasteiger partial charge in [-0.15, -0.1) is 0 Å². The number of hydrogen-bond acceptors (Lipinski definition) is 1. The maximum atomic E-state index is 3.62. The minimum Gasteiger partial charge on any atom is -0.307 e. The molecule has 0 spiro atoms. The van der Waals surface area contributed by atoms with Gasteiger partial charge in [-0.2, -0.15) is 0 Å². The first-order valence-corrected chi connectivity index (χ1v) is 5.62. The summed E-state index contributed by atoms with van der Waals surface area (Å²) in [6.07, 6.45) is 0. The number of nitrogens with one attached hydrogen (secondary N) is 1. The summed E-state index contributed by atoms with van der Waals surface area (Å²) in [5.41, 5.74) is 1.72. The normalized spacial score (nSPS) is 12.9. The first-order valence-electron chi connectivity index (χ1n) is 5.62. The lowest BCUT2D eigenvalue weighted by atomic mass is 9.90. The van der Waals surface area contributed by atoms with Crippen molar-refractivity contribution in [3.05, 3.63) is 35.9 Å². The van der Waals surface area contributed by atoms with Gasteiger partial charge in [0.15, 0.2) is 0 Å². The zero-order valence-electron chi connectivity index (χ0n) is 10.6. The molecule has 0 atom stereocenters. The predicted molar refractivity (Wildman–Crippen MR) is 66.9 cm³/mol. The molecule has 1 aromatic carbocycles. The van der Waals surface area contributed by atoms with Crippen LogP contribution in [0, 0.1) is 5.41 Å². The van der Waals surface area contributed by atoms with Gasteiger partial charge in [0.2, 0.25) is 0 Å². The summed E-state index contributed by atoms with van der Waals surface area (Å²) in [4.78, 5) is 0. The molecule has 0 aliphatic carbocycles. The van der Waals surface area contributed by atoms with Gasteiger partial charge in [-0.3, -0.25) is 0 Å². The summed E-state index contributed by atoms with van der Waals surface area (Å²) < 4.78 is 0. The summed E-state index contributed by atoms with van der Waals surface area (Å²) in [7, 11) is 0. The van der Waals surface area contributed by atoms with E-state index in [1.807, 2.05) is 0 Å². The second-order valence-corrected chi connectivity index (χ2v) is 5.91. The Balaban J connectivity index is 2.68. The fourth-order valence-electron chi connectivity index (χ4n) is 1.44. The van der Waals surface area contributed by atoms with Gasteiger partial charge in [0, 0.05) is 12.1 Å². The first kappa shape index (κ1) is 12.3. The molecule has 0 amide bonds. The molecule has 0 unspecified atom stereocenters. The Morgan fingerprint density at radius 3 is 1.93 bits per heavy atom. The van der Waals surface area contributed by atoms with Gasteiger partial charge in [-0.05, 0) is 24.8 Å². The van der Waals surface area contributed by atoms with E-state index >= 15 is 0 Å². The van der Waals surface area contributed by atoms with E-state index in [9.17, 15) is 0 Å². The van der Waals surface area contributed by atoms with E-state index in [-0.39, 0.29) is 5.54 Å². The summed E-state index contributed by atoms with van der Waals surface area (Å²) in [5.74, 6) is 0. The average Bonchev–Trinajstić information content (AvgIpc) is 2.16. The summed E-state index contributed by atoms with van der Waals surface area (Å²) in [6, 6.07) is 10.6. The highest BCUT2D eigenvalue weighted by Crippen LogP contribution is 2.21. The zero-order valence-corrected chi connectivity index (χ0v) is 10.6. The standard InChI is InChI=1S/C14H23N/c1-13(2,3)11-15-14(4,5)12-9-7-6-8-10-12/h6-10,15H,11H2,1-5H3. The molecular weight excluding hydrogens is 182 g/mol. The predicted octanol–water partition coefficient (Wildman–Crippen LogP) is 3.56. The number of rotatable bonds is 3. The van der Waals surface area contributed by atoms with E-state index in [2.05, 4.69) is 70.3 Å². The summed E-state index contributed by atoms with van der Waals surface area (Å²) >= 11 is 0. The highest BCUT2D eigenvalue weighted by Gasteiger charge is 2.21. The second-order valence-electron chi connectivity index (χ2n) is 5.91. The molecule has 1 aromatic rings. The molecule has 1 rings (SSSR count). The highest BCUT2D eigenvalue weighted by molar-refractivity contribution is 5.22. The van der Waals surface area contributed by atoms with Crippen molar-refractivity contribution in [2.45, 2.75) is 40.2 Å². The average molecular weight is 205 g/mol. The van der Waals surface area contributed by atoms with Crippen molar-refractivity contribution in [2.24, 2.45) is 5.41 Å². The van der Waals surface area contributed by atoms with Crippen LogP contribution in [0.2, 0.25) is 0 Å². The van der Waals surface area contributed by atoms with E-state index < -0.39 is 0 Å². The van der Waals surface area contributed by atoms with Crippen LogP contribution < -0.4 is 5.32 Å². The van der Waals surface area contributed by atoms with Crippen LogP contribution in [-0.4, -0.2) is 6.54 Å². The van der Waals surface area contributed by atoms with E-state index in [1.54, 1.807) is 0 Å². The molecule has 0 aliphatic rings. The Morgan fingerprint density at radius 2 is 1.47 bits per heavy atom. The van der Waals surface area contributed by atoms with Crippen molar-refractivity contribution in [3.8, 4) is 0 Å². The SMILES string of the molecule is CC(C)(C)CNC(C)(C)c1ccccc1. The third-order valence-corrected chi connectivity index (χ3v) is 2.56. The Labute approximate surface area is 93.9 Å². The Hall–Kier alpha value is -0.820. The van der Waals surface area contributed by atoms with Gasteiger partial charge in [0.25, 0.3) is 0 Å². The van der Waals surface area contributed by atoms with Crippen LogP contribution in [0.5, 0.6) is 0 Å². The maximum Gasteiger partial charge on any atom is 0.0377 e. The van der Waals surface area contributed by atoms with E-state index in [4.69, 9.17) is 0 Å². The van der Waals surface area contributed by atoms with E-state index in [0.29, 0.717) is 5.41 Å². The van der Waals surface area contributed by atoms with Crippen molar-refractivity contribution in [2.75, 3.05) is 6.54 Å². The third-order valence-electron chi connectivity index (χ3n) is 2.56. The second kappa shape index (κ2) is 4.36. The van der Waals surface area contributed by atoms with Crippen LogP contribution in [-0.2, 0) is 5.54 Å². The van der Waals surface area contributed by atoms with Crippen molar-refractivity contribution < 1.29 is 0 Å². The van der Waals surface area contributed by atoms with Crippen LogP contribution >= 0.6 is 0 Å². The molecule has 0 saturated carbocycles. The Bertz CT molecular complexity index is 293. The molecule has 0 heterocycles. The van der Waals surface area contributed by atoms with Gasteiger partial charge >= 0.3 is 0 Å². The lowest BCUT2D eigenvalue weighted by molar-refractivity contribution is 0.303. The van der Waals surface area contributed by atoms with Gasteiger partial charge in [-0.1, -0.05) is 51.1 Å². The molecule has 0 aliphatic heterocycles. The number of hydrogen-bond donors (Lipinski definition) is 1. The molecular formula is C14H23N. The molecule has 0 saturated heterocycles. The van der Waals surface area contributed by atoms with Crippen LogP contribution in [0.15, 0.2) is 30.3 Å². The minimum atomic E-state index is 0.0501. The van der Waals surface area contributed by atoms with Gasteiger partial charge in [0.05, 0.1) is 0 Å². The molecule has 84 valence electrons. The van der Waals surface area contributed by atoms with Gasteiger partial charge in [0.1, 0.15) is 0 Å². The highest BCUT2D eigenvalue weighted by atomic mass is 15.0. The smallest absolute Gasteiger partial charge is 0.0377 e. The lowest BCUT2D eigenvalue weighted by Gasteiger charge is -2.31. The summed E-state index contributed by atoms with van der Waals surface area (Å²) in [5, 5.41) is 3.62. The van der Waals surface area contributed by atoms with Crippen LogP contribution in [0.1, 0.15) is 40.2 Å². The molecule has 1 heteroatoms. The van der Waals surface area contributed by atoms with Gasteiger partial charge < -0.3 is 5.32 Å². The maximum absolute atomic E-state index is 3.62. The lowest BCUT2D eigenvalue weighted by Crippen LogP contribution is -2.41. The first-order chi connectivity index (χ1) is 6.81. The van der Waals surface area contributed by atoms with Crippen molar-refractivity contribution >= 4 is 0 Å². The molecule has 0 aromatic heterocycles. The Morgan fingerprint density at radius 1 is 0.933 bits per heavy atom. The molecule has 15 heavy (non-hydrogen) atoms. The molecule has 1 N–H and O–H groups in total. The van der Waals surface area contributed by atoms with Gasteiger partial charge in [-0.25, -0.2) is 0 Å². The van der Waals surface area contributed by atoms with Crippen molar-refractivity contribution in [1.29, 1.82) is 0 Å². The monoisotopic (exact) mass is 205 g/mol. The van der Waals surface area contributed by atoms with E-state index in [1.165, 1.54) is 5.56 Å². The van der Waals surface area contributed by atoms with Crippen molar-refractivity contribution in [3.63, 3.8) is 0 Å². The molecule has 0 radical (unpaired) electrons.